The molecular formula is C38H32N8O2. The molecule has 0 amide bonds. The largest absolute Gasteiger partial charge is 0.384 e. The van der Waals surface area contributed by atoms with E-state index in [0.717, 1.165) is 44.2 Å². The van der Waals surface area contributed by atoms with Gasteiger partial charge in [-0.05, 0) is 26.3 Å². The van der Waals surface area contributed by atoms with E-state index in [1.165, 1.54) is 0 Å². The molecule has 48 heavy (non-hydrogen) atoms. The number of anilines is 1. The second-order valence-electron chi connectivity index (χ2n) is 11.9. The van der Waals surface area contributed by atoms with Crippen molar-refractivity contribution in [2.45, 2.75) is 32.8 Å². The van der Waals surface area contributed by atoms with E-state index in [2.05, 4.69) is 19.1 Å². The Balaban J connectivity index is 1.44. The van der Waals surface area contributed by atoms with Crippen LogP contribution in [0.3, 0.4) is 0 Å². The van der Waals surface area contributed by atoms with Crippen LogP contribution in [0.4, 0.5) is 11.6 Å². The van der Waals surface area contributed by atoms with Crippen LogP contribution in [0.5, 0.6) is 0 Å². The number of nitrogens with two attached hydrogens (primary N) is 1. The monoisotopic (exact) mass is 632 g/mol. The fraction of sp³-hybridized carbons (Fsp3) is 0.184. The quantitative estimate of drug-likeness (QED) is 0.221. The van der Waals surface area contributed by atoms with Crippen LogP contribution in [-0.2, 0) is 15.5 Å². The number of hydrogen-bond donors (Lipinski definition) is 1. The molecule has 0 radical (unpaired) electrons. The highest BCUT2D eigenvalue weighted by Crippen LogP contribution is 2.46. The van der Waals surface area contributed by atoms with Crippen LogP contribution in [0, 0.1) is 0 Å². The molecule has 5 heterocycles. The topological polar surface area (TPSA) is 114 Å². The number of fused-ring (bicyclic) bond motifs is 11. The Hall–Kier alpha value is -5.71. The molecule has 9 rings (SSSR count). The van der Waals surface area contributed by atoms with Gasteiger partial charge >= 0.3 is 6.03 Å². The molecule has 1 aromatic heterocycles. The average Bonchev–Trinajstić information content (AvgIpc) is 3.81. The molecule has 10 heteroatoms. The average molecular weight is 633 g/mol. The number of nitrogen functional groups attached to an aromatic ring is 1. The second-order valence-corrected chi connectivity index (χ2v) is 11.9. The van der Waals surface area contributed by atoms with E-state index in [1.807, 2.05) is 108 Å². The first kappa shape index (κ1) is 28.5. The third kappa shape index (κ3) is 3.90. The number of aromatic nitrogens is 1. The van der Waals surface area contributed by atoms with E-state index in [0.29, 0.717) is 40.8 Å². The minimum atomic E-state index is -1.70. The summed E-state index contributed by atoms with van der Waals surface area (Å²) in [6.45, 7) is 6.51. The zero-order chi connectivity index (χ0) is 32.6. The highest BCUT2D eigenvalue weighted by Gasteiger charge is 2.53. The third-order valence-electron chi connectivity index (χ3n) is 9.18. The molecule has 10 nitrogen and oxygen atoms in total. The van der Waals surface area contributed by atoms with Crippen molar-refractivity contribution < 1.29 is 9.47 Å². The van der Waals surface area contributed by atoms with Gasteiger partial charge in [0.2, 0.25) is 0 Å². The molecule has 0 spiro atoms. The molecule has 0 fully saturated rings. The van der Waals surface area contributed by atoms with Gasteiger partial charge < -0.3 is 15.2 Å². The number of benzene rings is 4. The van der Waals surface area contributed by atoms with Gasteiger partial charge in [-0.25, -0.2) is 29.4 Å². The molecule has 4 aliphatic rings. The summed E-state index contributed by atoms with van der Waals surface area (Å²) in [5.74, 6) is 3.80. The summed E-state index contributed by atoms with van der Waals surface area (Å²) in [5, 5.41) is 1.65. The molecule has 4 aromatic carbocycles. The molecule has 1 unspecified atom stereocenters. The highest BCUT2D eigenvalue weighted by molar-refractivity contribution is 6.32. The Bertz CT molecular complexity index is 2320. The van der Waals surface area contributed by atoms with Crippen molar-refractivity contribution in [2.75, 3.05) is 18.9 Å². The lowest BCUT2D eigenvalue weighted by atomic mass is 10.0. The Labute approximate surface area is 277 Å². The van der Waals surface area contributed by atoms with Gasteiger partial charge in [0.05, 0.1) is 19.3 Å². The maximum absolute atomic E-state index is 7.14. The van der Waals surface area contributed by atoms with E-state index < -0.39 is 6.03 Å². The Morgan fingerprint density at radius 2 is 1.29 bits per heavy atom. The van der Waals surface area contributed by atoms with Crippen molar-refractivity contribution in [3.8, 4) is 0 Å². The Morgan fingerprint density at radius 3 is 2.00 bits per heavy atom. The van der Waals surface area contributed by atoms with Gasteiger partial charge in [0.1, 0.15) is 5.82 Å². The molecule has 0 aliphatic carbocycles. The lowest BCUT2D eigenvalue weighted by Gasteiger charge is -2.42. The first-order valence-electron chi connectivity index (χ1n) is 16.2. The molecule has 1 atom stereocenters. The van der Waals surface area contributed by atoms with E-state index >= 15 is 0 Å². The highest BCUT2D eigenvalue weighted by atomic mass is 16.7. The standard InChI is InChI=1S/C38H32N8O2/c1-4-47-38(48-5-2)45-31(39)24-15-7-11-19-28(24)35(45)43-33-26-17-9-10-18-27(26)34(41-33)44-37-30-21-13-12-20-29(30)36(46(37)38)42-32-25-16-8-6-14-23(25)22(3)40-32/h6-22H,4-5,39H2,1-3H3/b42-36-,43-33-,44-37-. The van der Waals surface area contributed by atoms with Gasteiger partial charge in [-0.2, -0.15) is 0 Å². The van der Waals surface area contributed by atoms with E-state index in [9.17, 15) is 0 Å². The zero-order valence-corrected chi connectivity index (χ0v) is 26.8. The number of amidine groups is 5. The van der Waals surface area contributed by atoms with Crippen LogP contribution in [0.2, 0.25) is 0 Å². The minimum absolute atomic E-state index is 0.0398. The summed E-state index contributed by atoms with van der Waals surface area (Å²) in [7, 11) is 0. The summed E-state index contributed by atoms with van der Waals surface area (Å²) in [4.78, 5) is 27.9. The van der Waals surface area contributed by atoms with Crippen molar-refractivity contribution >= 4 is 51.6 Å². The summed E-state index contributed by atoms with van der Waals surface area (Å²) >= 11 is 0. The molecule has 0 saturated carbocycles. The van der Waals surface area contributed by atoms with Crippen molar-refractivity contribution in [2.24, 2.45) is 25.0 Å². The summed E-state index contributed by atoms with van der Waals surface area (Å²) in [5.41, 5.74) is 12.7. The van der Waals surface area contributed by atoms with Crippen molar-refractivity contribution in [1.82, 2.24) is 9.47 Å². The molecule has 2 bridgehead atoms. The molecule has 0 saturated heterocycles. The number of rotatable bonds is 4. The lowest BCUT2D eigenvalue weighted by molar-refractivity contribution is -0.335. The van der Waals surface area contributed by atoms with Gasteiger partial charge in [0, 0.05) is 38.6 Å². The van der Waals surface area contributed by atoms with Crippen LogP contribution in [0.25, 0.3) is 10.8 Å². The summed E-state index contributed by atoms with van der Waals surface area (Å²) in [6.07, 6.45) is 0. The lowest BCUT2D eigenvalue weighted by Crippen LogP contribution is -2.58. The molecule has 5 aromatic rings. The maximum Gasteiger partial charge on any atom is 0.356 e. The Morgan fingerprint density at radius 1 is 0.708 bits per heavy atom. The van der Waals surface area contributed by atoms with Crippen molar-refractivity contribution in [1.29, 1.82) is 0 Å². The van der Waals surface area contributed by atoms with Gasteiger partial charge in [-0.3, -0.25) is 4.99 Å². The zero-order valence-electron chi connectivity index (χ0n) is 26.8. The number of hydrogen-bond acceptors (Lipinski definition) is 8. The predicted molar refractivity (Wildman–Crippen MR) is 190 cm³/mol. The normalized spacial score (nSPS) is 21.4. The number of aliphatic imine (C=N–C) groups is 5. The molecule has 236 valence electrons. The molecular weight excluding hydrogens is 600 g/mol. The second kappa shape index (κ2) is 10.7. The number of ether oxygens (including phenoxy) is 2. The Kier molecular flexibility index (Phi) is 6.33. The van der Waals surface area contributed by atoms with Gasteiger partial charge in [0.15, 0.2) is 35.0 Å². The molecule has 2 N–H and O–H groups in total. The third-order valence-corrected chi connectivity index (χ3v) is 9.18. The van der Waals surface area contributed by atoms with Crippen molar-refractivity contribution in [3.05, 3.63) is 130 Å². The fourth-order valence-corrected chi connectivity index (χ4v) is 7.17. The van der Waals surface area contributed by atoms with Crippen LogP contribution >= 0.6 is 0 Å². The van der Waals surface area contributed by atoms with Crippen LogP contribution in [-0.4, -0.2) is 51.9 Å². The van der Waals surface area contributed by atoms with Gasteiger partial charge in [-0.15, -0.1) is 0 Å². The number of nitrogens with zero attached hydrogens (tertiary/aromatic N) is 7. The minimum Gasteiger partial charge on any atom is -0.384 e. The van der Waals surface area contributed by atoms with E-state index in [-0.39, 0.29) is 19.3 Å². The van der Waals surface area contributed by atoms with Gasteiger partial charge in [0.25, 0.3) is 0 Å². The van der Waals surface area contributed by atoms with Crippen LogP contribution < -0.4 is 5.73 Å². The van der Waals surface area contributed by atoms with E-state index in [1.54, 1.807) is 0 Å². The van der Waals surface area contributed by atoms with Crippen LogP contribution in [0.1, 0.15) is 60.2 Å². The SMILES string of the molecule is CCOC1(OCC)N2/C(=N\C3=NC(=N\c4c5ccccc5c(N)n41)/c1ccccc13)c1ccccc1/C2=N/C1=NC(C)c2ccccc21. The first-order chi connectivity index (χ1) is 23.5. The summed E-state index contributed by atoms with van der Waals surface area (Å²) in [6, 6.07) is 30.5. The van der Waals surface area contributed by atoms with Crippen molar-refractivity contribution in [3.63, 3.8) is 0 Å². The predicted octanol–water partition coefficient (Wildman–Crippen LogP) is 6.75. The smallest absolute Gasteiger partial charge is 0.356 e. The van der Waals surface area contributed by atoms with E-state index in [4.69, 9.17) is 40.2 Å². The first-order valence-corrected chi connectivity index (χ1v) is 16.2. The fourth-order valence-electron chi connectivity index (χ4n) is 7.17. The maximum atomic E-state index is 7.14. The van der Waals surface area contributed by atoms with Crippen LogP contribution in [0.15, 0.2) is 122 Å². The van der Waals surface area contributed by atoms with Gasteiger partial charge in [-0.1, -0.05) is 97.1 Å². The molecule has 4 aliphatic heterocycles. The summed E-state index contributed by atoms with van der Waals surface area (Å²) < 4.78 is 15.5.